The first-order valence-electron chi connectivity index (χ1n) is 11.4. The van der Waals surface area contributed by atoms with Gasteiger partial charge < -0.3 is 5.32 Å². The van der Waals surface area contributed by atoms with Crippen LogP contribution in [0, 0.1) is 11.3 Å². The summed E-state index contributed by atoms with van der Waals surface area (Å²) in [5.74, 6) is 0.623. The first-order valence-corrected chi connectivity index (χ1v) is 11.4. The minimum atomic E-state index is -0.333. The smallest absolute Gasteiger partial charge is 0.226 e. The number of piperidine rings is 1. The number of nitrogens with zero attached hydrogens (tertiary/aromatic N) is 1. The summed E-state index contributed by atoms with van der Waals surface area (Å²) in [4.78, 5) is 15.9. The molecule has 0 radical (unpaired) electrons. The van der Waals surface area contributed by atoms with E-state index in [2.05, 4.69) is 81.7 Å². The number of benzene rings is 1. The molecular weight excluding hydrogens is 356 g/mol. The first-order chi connectivity index (χ1) is 13.7. The van der Waals surface area contributed by atoms with Crippen LogP contribution in [0.15, 0.2) is 43.0 Å². The summed E-state index contributed by atoms with van der Waals surface area (Å²) in [5, 5.41) is 3.26. The fraction of sp³-hybridized carbons (Fsp3) is 0.654. The van der Waals surface area contributed by atoms with E-state index in [9.17, 15) is 4.79 Å². The predicted octanol–water partition coefficient (Wildman–Crippen LogP) is 6.13. The van der Waals surface area contributed by atoms with E-state index >= 15 is 0 Å². The van der Waals surface area contributed by atoms with Gasteiger partial charge in [-0.15, -0.1) is 6.58 Å². The van der Waals surface area contributed by atoms with Crippen molar-refractivity contribution in [3.05, 3.63) is 48.6 Å². The Morgan fingerprint density at radius 3 is 2.34 bits per heavy atom. The summed E-state index contributed by atoms with van der Waals surface area (Å²) in [7, 11) is 0. The standard InChI is InChI=1S/C26H42N2O/c1-7-9-18-26(6,24(29)27-25(3,4)5)22-16-19-28(20-17-22)23(13-8-2)21-14-11-10-12-15-21/h7,10-12,14-15,22-23H,1,8-9,13,16-20H2,2-6H3,(H,27,29). The van der Waals surface area contributed by atoms with Gasteiger partial charge in [-0.2, -0.15) is 0 Å². The van der Waals surface area contributed by atoms with E-state index in [-0.39, 0.29) is 16.9 Å². The lowest BCUT2D eigenvalue weighted by Crippen LogP contribution is -2.52. The maximum atomic E-state index is 13.3. The Labute approximate surface area is 179 Å². The van der Waals surface area contributed by atoms with E-state index in [1.54, 1.807) is 0 Å². The molecule has 1 aliphatic heterocycles. The number of likely N-dealkylation sites (tertiary alicyclic amines) is 1. The third-order valence-electron chi connectivity index (χ3n) is 6.49. The van der Waals surface area contributed by atoms with Crippen LogP contribution in [0.5, 0.6) is 0 Å². The minimum Gasteiger partial charge on any atom is -0.351 e. The summed E-state index contributed by atoms with van der Waals surface area (Å²) in [6.45, 7) is 16.7. The number of rotatable bonds is 9. The molecule has 1 aromatic carbocycles. The van der Waals surface area contributed by atoms with E-state index in [0.717, 1.165) is 38.8 Å². The van der Waals surface area contributed by atoms with Crippen molar-refractivity contribution < 1.29 is 4.79 Å². The Bertz CT molecular complexity index is 640. The van der Waals surface area contributed by atoms with Gasteiger partial charge in [0.15, 0.2) is 0 Å². The van der Waals surface area contributed by atoms with Crippen LogP contribution in [0.1, 0.15) is 84.7 Å². The van der Waals surface area contributed by atoms with E-state index in [4.69, 9.17) is 0 Å². The molecule has 0 saturated carbocycles. The molecule has 162 valence electrons. The molecular formula is C26H42N2O. The number of carbonyl (C=O) groups is 1. The van der Waals surface area contributed by atoms with E-state index in [1.807, 2.05) is 6.08 Å². The van der Waals surface area contributed by atoms with Crippen molar-refractivity contribution in [2.24, 2.45) is 11.3 Å². The number of hydrogen-bond acceptors (Lipinski definition) is 2. The second-order valence-corrected chi connectivity index (χ2v) is 9.97. The van der Waals surface area contributed by atoms with Gasteiger partial charge in [0.2, 0.25) is 5.91 Å². The molecule has 1 N–H and O–H groups in total. The Morgan fingerprint density at radius 1 is 1.21 bits per heavy atom. The van der Waals surface area contributed by atoms with Crippen molar-refractivity contribution in [3.8, 4) is 0 Å². The third kappa shape index (κ3) is 6.44. The lowest BCUT2D eigenvalue weighted by molar-refractivity contribution is -0.136. The maximum Gasteiger partial charge on any atom is 0.226 e. The highest BCUT2D eigenvalue weighted by atomic mass is 16.2. The Kier molecular flexibility index (Phi) is 8.51. The van der Waals surface area contributed by atoms with E-state index in [1.165, 1.54) is 18.4 Å². The summed E-state index contributed by atoms with van der Waals surface area (Å²) < 4.78 is 0. The monoisotopic (exact) mass is 398 g/mol. The maximum absolute atomic E-state index is 13.3. The van der Waals surface area contributed by atoms with Crippen LogP contribution in [0.4, 0.5) is 0 Å². The van der Waals surface area contributed by atoms with Gasteiger partial charge in [-0.05, 0) is 77.4 Å². The molecule has 1 amide bonds. The van der Waals surface area contributed by atoms with Gasteiger partial charge in [0.05, 0.1) is 0 Å². The van der Waals surface area contributed by atoms with E-state index in [0.29, 0.717) is 12.0 Å². The summed E-state index contributed by atoms with van der Waals surface area (Å²) in [6, 6.07) is 11.4. The van der Waals surface area contributed by atoms with Crippen LogP contribution in [0.2, 0.25) is 0 Å². The molecule has 3 heteroatoms. The number of amides is 1. The fourth-order valence-corrected chi connectivity index (χ4v) is 4.75. The van der Waals surface area contributed by atoms with Crippen LogP contribution >= 0.6 is 0 Å². The highest BCUT2D eigenvalue weighted by Crippen LogP contribution is 2.42. The SMILES string of the molecule is C=CCCC(C)(C(=O)NC(C)(C)C)C1CCN(C(CCC)c2ccccc2)CC1. The second-order valence-electron chi connectivity index (χ2n) is 9.97. The van der Waals surface area contributed by atoms with Crippen LogP contribution in [-0.4, -0.2) is 29.4 Å². The summed E-state index contributed by atoms with van der Waals surface area (Å²) in [6.07, 6.45) is 8.25. The van der Waals surface area contributed by atoms with Crippen molar-refractivity contribution in [2.75, 3.05) is 13.1 Å². The van der Waals surface area contributed by atoms with Crippen molar-refractivity contribution >= 4 is 5.91 Å². The van der Waals surface area contributed by atoms with Crippen molar-refractivity contribution in [3.63, 3.8) is 0 Å². The minimum absolute atomic E-state index is 0.202. The lowest BCUT2D eigenvalue weighted by atomic mass is 9.68. The second kappa shape index (κ2) is 10.4. The molecule has 2 atom stereocenters. The number of carbonyl (C=O) groups excluding carboxylic acids is 1. The fourth-order valence-electron chi connectivity index (χ4n) is 4.75. The quantitative estimate of drug-likeness (QED) is 0.508. The van der Waals surface area contributed by atoms with Crippen molar-refractivity contribution in [1.82, 2.24) is 10.2 Å². The predicted molar refractivity (Wildman–Crippen MR) is 124 cm³/mol. The number of hydrogen-bond donors (Lipinski definition) is 1. The molecule has 1 aromatic rings. The van der Waals surface area contributed by atoms with Gasteiger partial charge in [0, 0.05) is 17.0 Å². The Balaban J connectivity index is 2.12. The average molecular weight is 399 g/mol. The topological polar surface area (TPSA) is 32.3 Å². The normalized spacial score (nSPS) is 19.3. The molecule has 1 aliphatic rings. The van der Waals surface area contributed by atoms with Gasteiger partial charge >= 0.3 is 0 Å². The zero-order valence-corrected chi connectivity index (χ0v) is 19.3. The largest absolute Gasteiger partial charge is 0.351 e. The molecule has 29 heavy (non-hydrogen) atoms. The zero-order chi connectivity index (χ0) is 21.5. The number of nitrogens with one attached hydrogen (secondary N) is 1. The van der Waals surface area contributed by atoms with Gasteiger partial charge in [0.25, 0.3) is 0 Å². The van der Waals surface area contributed by atoms with Gasteiger partial charge in [-0.3, -0.25) is 9.69 Å². The molecule has 3 nitrogen and oxygen atoms in total. The number of allylic oxidation sites excluding steroid dienone is 1. The molecule has 1 saturated heterocycles. The van der Waals surface area contributed by atoms with Gasteiger partial charge in [-0.1, -0.05) is 56.7 Å². The first kappa shape index (κ1) is 23.7. The molecule has 0 aliphatic carbocycles. The summed E-state index contributed by atoms with van der Waals surface area (Å²) in [5.41, 5.74) is 0.889. The molecule has 0 aromatic heterocycles. The Morgan fingerprint density at radius 2 is 1.83 bits per heavy atom. The highest BCUT2D eigenvalue weighted by molar-refractivity contribution is 5.83. The zero-order valence-electron chi connectivity index (χ0n) is 19.3. The molecule has 2 rings (SSSR count). The molecule has 0 bridgehead atoms. The van der Waals surface area contributed by atoms with Crippen molar-refractivity contribution in [2.45, 2.75) is 84.7 Å². The van der Waals surface area contributed by atoms with E-state index < -0.39 is 0 Å². The van der Waals surface area contributed by atoms with Crippen LogP contribution < -0.4 is 5.32 Å². The van der Waals surface area contributed by atoms with Crippen molar-refractivity contribution in [1.29, 1.82) is 0 Å². The van der Waals surface area contributed by atoms with Gasteiger partial charge in [-0.25, -0.2) is 0 Å². The van der Waals surface area contributed by atoms with Crippen LogP contribution in [-0.2, 0) is 4.79 Å². The molecule has 0 spiro atoms. The average Bonchev–Trinajstić information content (AvgIpc) is 2.69. The van der Waals surface area contributed by atoms with Gasteiger partial charge in [0.1, 0.15) is 0 Å². The van der Waals surface area contributed by atoms with Crippen LogP contribution in [0.3, 0.4) is 0 Å². The summed E-state index contributed by atoms with van der Waals surface area (Å²) >= 11 is 0. The third-order valence-corrected chi connectivity index (χ3v) is 6.49. The highest BCUT2D eigenvalue weighted by Gasteiger charge is 2.43. The molecule has 1 heterocycles. The van der Waals surface area contributed by atoms with Crippen LogP contribution in [0.25, 0.3) is 0 Å². The lowest BCUT2D eigenvalue weighted by Gasteiger charge is -2.45. The molecule has 1 fully saturated rings. The Hall–Kier alpha value is -1.61. The molecule has 2 unspecified atom stereocenters.